The summed E-state index contributed by atoms with van der Waals surface area (Å²) < 4.78 is 15.2. The Morgan fingerprint density at radius 1 is 1.26 bits per heavy atom. The lowest BCUT2D eigenvalue weighted by atomic mass is 10.2. The van der Waals surface area contributed by atoms with E-state index < -0.39 is 30.4 Å². The van der Waals surface area contributed by atoms with Crippen LogP contribution >= 0.6 is 0 Å². The minimum Gasteiger partial charge on any atom is -0.493 e. The SMILES string of the molecule is CCOc1ccccc1C(=O)NCC(=O)O[C@H](C)C(=O)Nc1cc(C)no1. The van der Waals surface area contributed by atoms with E-state index in [0.29, 0.717) is 23.6 Å². The second-order valence-corrected chi connectivity index (χ2v) is 5.57. The molecule has 1 aromatic heterocycles. The molecule has 0 aliphatic heterocycles. The fourth-order valence-electron chi connectivity index (χ4n) is 2.12. The molecule has 0 aliphatic rings. The third kappa shape index (κ3) is 5.84. The van der Waals surface area contributed by atoms with E-state index in [1.54, 1.807) is 38.1 Å². The van der Waals surface area contributed by atoms with Crippen LogP contribution in [0.4, 0.5) is 5.88 Å². The first-order valence-electron chi connectivity index (χ1n) is 8.34. The number of aromatic nitrogens is 1. The van der Waals surface area contributed by atoms with Crippen molar-refractivity contribution in [3.05, 3.63) is 41.6 Å². The van der Waals surface area contributed by atoms with Gasteiger partial charge < -0.3 is 19.3 Å². The van der Waals surface area contributed by atoms with Gasteiger partial charge >= 0.3 is 5.97 Å². The molecule has 1 aromatic carbocycles. The predicted molar refractivity (Wildman–Crippen MR) is 95.4 cm³/mol. The topological polar surface area (TPSA) is 120 Å². The first kappa shape index (κ1) is 20.0. The van der Waals surface area contributed by atoms with Crippen molar-refractivity contribution < 1.29 is 28.4 Å². The summed E-state index contributed by atoms with van der Waals surface area (Å²) in [6.45, 7) is 4.93. The van der Waals surface area contributed by atoms with Crippen molar-refractivity contribution in [1.29, 1.82) is 0 Å². The third-order valence-corrected chi connectivity index (χ3v) is 3.38. The molecule has 2 amide bonds. The van der Waals surface area contributed by atoms with Crippen molar-refractivity contribution in [2.75, 3.05) is 18.5 Å². The zero-order valence-corrected chi connectivity index (χ0v) is 15.3. The average molecular weight is 375 g/mol. The smallest absolute Gasteiger partial charge is 0.326 e. The number of esters is 1. The Bertz CT molecular complexity index is 817. The van der Waals surface area contributed by atoms with Crippen LogP contribution in [0.25, 0.3) is 0 Å². The maximum atomic E-state index is 12.2. The molecule has 27 heavy (non-hydrogen) atoms. The molecular weight excluding hydrogens is 354 g/mol. The van der Waals surface area contributed by atoms with Gasteiger partial charge in [0.2, 0.25) is 5.88 Å². The summed E-state index contributed by atoms with van der Waals surface area (Å²) in [5.74, 6) is -1.24. The van der Waals surface area contributed by atoms with Crippen molar-refractivity contribution in [3.8, 4) is 5.75 Å². The summed E-state index contributed by atoms with van der Waals surface area (Å²) in [5.41, 5.74) is 0.906. The second-order valence-electron chi connectivity index (χ2n) is 5.57. The number of aryl methyl sites for hydroxylation is 1. The zero-order valence-electron chi connectivity index (χ0n) is 15.3. The van der Waals surface area contributed by atoms with E-state index in [9.17, 15) is 14.4 Å². The number of ether oxygens (including phenoxy) is 2. The summed E-state index contributed by atoms with van der Waals surface area (Å²) in [7, 11) is 0. The van der Waals surface area contributed by atoms with Crippen LogP contribution in [0.1, 0.15) is 29.9 Å². The number of rotatable bonds is 8. The highest BCUT2D eigenvalue weighted by atomic mass is 16.5. The van der Waals surface area contributed by atoms with Crippen molar-refractivity contribution in [2.45, 2.75) is 26.9 Å². The number of anilines is 1. The number of nitrogens with zero attached hydrogens (tertiary/aromatic N) is 1. The third-order valence-electron chi connectivity index (χ3n) is 3.38. The van der Waals surface area contributed by atoms with Crippen LogP contribution in [0.3, 0.4) is 0 Å². The molecule has 0 aliphatic carbocycles. The second kappa shape index (κ2) is 9.37. The Balaban J connectivity index is 1.83. The van der Waals surface area contributed by atoms with Crippen LogP contribution in [-0.4, -0.2) is 42.2 Å². The summed E-state index contributed by atoms with van der Waals surface area (Å²) in [6, 6.07) is 8.21. The molecule has 0 unspecified atom stereocenters. The van der Waals surface area contributed by atoms with Gasteiger partial charge in [-0.25, -0.2) is 0 Å². The van der Waals surface area contributed by atoms with Gasteiger partial charge in [-0.15, -0.1) is 0 Å². The molecule has 0 spiro atoms. The maximum Gasteiger partial charge on any atom is 0.326 e. The van der Waals surface area contributed by atoms with E-state index in [1.165, 1.54) is 13.0 Å². The number of para-hydroxylation sites is 1. The van der Waals surface area contributed by atoms with Gasteiger partial charge in [0.1, 0.15) is 12.3 Å². The molecule has 2 rings (SSSR count). The van der Waals surface area contributed by atoms with E-state index in [0.717, 1.165) is 0 Å². The van der Waals surface area contributed by atoms with Gasteiger partial charge in [-0.2, -0.15) is 0 Å². The lowest BCUT2D eigenvalue weighted by molar-refractivity contribution is -0.152. The van der Waals surface area contributed by atoms with Crippen LogP contribution in [0, 0.1) is 6.92 Å². The molecule has 1 heterocycles. The normalized spacial score (nSPS) is 11.4. The molecule has 2 N–H and O–H groups in total. The lowest BCUT2D eigenvalue weighted by Gasteiger charge is -2.13. The molecule has 2 aromatic rings. The summed E-state index contributed by atoms with van der Waals surface area (Å²) in [5, 5.41) is 8.50. The fraction of sp³-hybridized carbons (Fsp3) is 0.333. The van der Waals surface area contributed by atoms with Crippen molar-refractivity contribution >= 4 is 23.7 Å². The molecule has 1 atom stereocenters. The van der Waals surface area contributed by atoms with E-state index >= 15 is 0 Å². The van der Waals surface area contributed by atoms with E-state index in [2.05, 4.69) is 15.8 Å². The van der Waals surface area contributed by atoms with Gasteiger partial charge in [0, 0.05) is 6.07 Å². The number of hydrogen-bond acceptors (Lipinski definition) is 7. The first-order valence-corrected chi connectivity index (χ1v) is 8.34. The zero-order chi connectivity index (χ0) is 19.8. The summed E-state index contributed by atoms with van der Waals surface area (Å²) in [6.07, 6.45) is -1.07. The van der Waals surface area contributed by atoms with Gasteiger partial charge in [-0.05, 0) is 32.9 Å². The Morgan fingerprint density at radius 2 is 2.00 bits per heavy atom. The minimum atomic E-state index is -1.07. The van der Waals surface area contributed by atoms with Crippen molar-refractivity contribution in [3.63, 3.8) is 0 Å². The van der Waals surface area contributed by atoms with Crippen LogP contribution in [0.5, 0.6) is 5.75 Å². The number of hydrogen-bond donors (Lipinski definition) is 2. The number of benzene rings is 1. The molecule has 9 heteroatoms. The van der Waals surface area contributed by atoms with Crippen LogP contribution < -0.4 is 15.4 Å². The molecule has 0 bridgehead atoms. The first-order chi connectivity index (χ1) is 12.9. The van der Waals surface area contributed by atoms with Gasteiger partial charge in [0.15, 0.2) is 6.10 Å². The lowest BCUT2D eigenvalue weighted by Crippen LogP contribution is -2.35. The van der Waals surface area contributed by atoms with Gasteiger partial charge in [-0.3, -0.25) is 19.7 Å². The highest BCUT2D eigenvalue weighted by Gasteiger charge is 2.20. The molecule has 0 saturated carbocycles. The van der Waals surface area contributed by atoms with E-state index in [1.807, 2.05) is 0 Å². The Kier molecular flexibility index (Phi) is 6.93. The molecule has 0 fully saturated rings. The van der Waals surface area contributed by atoms with Crippen LogP contribution in [0.2, 0.25) is 0 Å². The van der Waals surface area contributed by atoms with Crippen molar-refractivity contribution in [1.82, 2.24) is 10.5 Å². The monoisotopic (exact) mass is 375 g/mol. The van der Waals surface area contributed by atoms with Gasteiger partial charge in [0.25, 0.3) is 11.8 Å². The highest BCUT2D eigenvalue weighted by molar-refractivity contribution is 5.98. The Hall–Kier alpha value is -3.36. The molecule has 144 valence electrons. The molecule has 9 nitrogen and oxygen atoms in total. The van der Waals surface area contributed by atoms with Crippen LogP contribution in [-0.2, 0) is 14.3 Å². The summed E-state index contributed by atoms with van der Waals surface area (Å²) >= 11 is 0. The predicted octanol–water partition coefficient (Wildman–Crippen LogP) is 1.68. The van der Waals surface area contributed by atoms with Gasteiger partial charge in [-0.1, -0.05) is 17.3 Å². The van der Waals surface area contributed by atoms with E-state index in [4.69, 9.17) is 14.0 Å². The molecular formula is C18H21N3O6. The Labute approximate surface area is 156 Å². The van der Waals surface area contributed by atoms with Crippen molar-refractivity contribution in [2.24, 2.45) is 0 Å². The van der Waals surface area contributed by atoms with Crippen LogP contribution in [0.15, 0.2) is 34.9 Å². The quantitative estimate of drug-likeness (QED) is 0.674. The standard InChI is InChI=1S/C18H21N3O6/c1-4-25-14-8-6-5-7-13(14)18(24)19-10-16(22)26-12(3)17(23)20-15-9-11(2)21-27-15/h5-9,12H,4,10H2,1-3H3,(H,19,24)(H,20,23)/t12-/m1/s1. The largest absolute Gasteiger partial charge is 0.493 e. The number of carbonyl (C=O) groups excluding carboxylic acids is 3. The minimum absolute atomic E-state index is 0.154. The molecule has 0 saturated heterocycles. The maximum absolute atomic E-state index is 12.2. The Morgan fingerprint density at radius 3 is 2.67 bits per heavy atom. The molecule has 0 radical (unpaired) electrons. The van der Waals surface area contributed by atoms with Gasteiger partial charge in [0.05, 0.1) is 17.9 Å². The fourth-order valence-corrected chi connectivity index (χ4v) is 2.12. The number of carbonyl (C=O) groups is 3. The average Bonchev–Trinajstić information content (AvgIpc) is 3.05. The number of nitrogens with one attached hydrogen (secondary N) is 2. The highest BCUT2D eigenvalue weighted by Crippen LogP contribution is 2.17. The number of amides is 2. The van der Waals surface area contributed by atoms with E-state index in [-0.39, 0.29) is 5.88 Å². The summed E-state index contributed by atoms with van der Waals surface area (Å²) in [4.78, 5) is 36.0.